The van der Waals surface area contributed by atoms with E-state index < -0.39 is 0 Å². The highest BCUT2D eigenvalue weighted by atomic mass is 16.5. The fourth-order valence-electron chi connectivity index (χ4n) is 11.4. The molecule has 0 N–H and O–H groups in total. The summed E-state index contributed by atoms with van der Waals surface area (Å²) in [6, 6.07) is 26.6. The molecule has 0 radical (unpaired) electrons. The van der Waals surface area contributed by atoms with E-state index in [4.69, 9.17) is 56.8 Å². The van der Waals surface area contributed by atoms with Crippen LogP contribution in [0.1, 0.15) is 233 Å². The van der Waals surface area contributed by atoms with Gasteiger partial charge in [-0.2, -0.15) is 0 Å². The van der Waals surface area contributed by atoms with Gasteiger partial charge in [0.15, 0.2) is 0 Å². The van der Waals surface area contributed by atoms with Crippen LogP contribution >= 0.6 is 0 Å². The Bertz CT molecular complexity index is 2740. The number of ether oxygens (including phenoxy) is 12. The molecule has 22 rings (SSSR count). The number of benzene rings is 6. The molecule has 0 saturated carbocycles. The second-order valence-electron chi connectivity index (χ2n) is 33.9. The molecule has 0 fully saturated rings. The molecule has 0 atom stereocenters. The summed E-state index contributed by atoms with van der Waals surface area (Å²) < 4.78 is 84.2. The number of rotatable bonds is 36. The SMILES string of the molecule is CC(C)COc1cc2c(OCC(C)C)cc1Cc1cc(OCC(C)C)c(cc1OCC(C)C)Cc1cc(OCC(C)C)c(cc1OCC(C)C)Cc1cc(OCC(C)C)c(cc1OCC(C)C)Cc1cc(OCC(C)C)c(cc1OCC(C)C)Cc1cc(OCC(C)C)c(cc1OCC(C)C)C2. The fourth-order valence-corrected chi connectivity index (χ4v) is 11.4. The lowest BCUT2D eigenvalue weighted by molar-refractivity contribution is 0.256. The van der Waals surface area contributed by atoms with Gasteiger partial charge in [-0.15, -0.1) is 0 Å². The van der Waals surface area contributed by atoms with Gasteiger partial charge < -0.3 is 56.8 Å². The average molecular weight is 1410 g/mol. The highest BCUT2D eigenvalue weighted by Crippen LogP contribution is 2.45. The van der Waals surface area contributed by atoms with Gasteiger partial charge in [0.2, 0.25) is 0 Å². The smallest absolute Gasteiger partial charge is 0.123 e. The fraction of sp³-hybridized carbons (Fsp3) is 0.600. The quantitative estimate of drug-likeness (QED) is 0.0373. The Labute approximate surface area is 617 Å². The van der Waals surface area contributed by atoms with E-state index in [1.165, 1.54) is 0 Å². The molecule has 12 heteroatoms. The maximum Gasteiger partial charge on any atom is 0.123 e. The van der Waals surface area contributed by atoms with Crippen molar-refractivity contribution >= 4 is 0 Å². The summed E-state index contributed by atoms with van der Waals surface area (Å²) in [6.45, 7) is 58.9. The van der Waals surface area contributed by atoms with E-state index in [0.29, 0.717) is 118 Å². The molecule has 12 nitrogen and oxygen atoms in total. The zero-order valence-corrected chi connectivity index (χ0v) is 67.5. The molecule has 16 aliphatic carbocycles. The summed E-state index contributed by atoms with van der Waals surface area (Å²) in [4.78, 5) is 0. The van der Waals surface area contributed by atoms with Crippen molar-refractivity contribution in [1.82, 2.24) is 0 Å². The summed E-state index contributed by atoms with van der Waals surface area (Å²) >= 11 is 0. The second kappa shape index (κ2) is 39.7. The van der Waals surface area contributed by atoms with Crippen LogP contribution in [0.4, 0.5) is 0 Å². The summed E-state index contributed by atoms with van der Waals surface area (Å²) in [5.41, 5.74) is 11.8. The van der Waals surface area contributed by atoms with E-state index in [-0.39, 0.29) is 71.0 Å². The predicted octanol–water partition coefficient (Wildman–Crippen LogP) is 22.0. The van der Waals surface area contributed by atoms with Crippen LogP contribution in [-0.2, 0) is 38.5 Å². The van der Waals surface area contributed by atoms with Gasteiger partial charge in [-0.25, -0.2) is 0 Å². The largest absolute Gasteiger partial charge is 0.493 e. The number of hydrogen-bond acceptors (Lipinski definition) is 12. The van der Waals surface area contributed by atoms with Gasteiger partial charge in [0.05, 0.1) is 79.3 Å². The zero-order valence-electron chi connectivity index (χ0n) is 67.5. The van der Waals surface area contributed by atoms with E-state index in [1.807, 2.05) is 0 Å². The molecule has 564 valence electrons. The van der Waals surface area contributed by atoms with Crippen molar-refractivity contribution in [1.29, 1.82) is 0 Å². The summed E-state index contributed by atoms with van der Waals surface area (Å²) in [5.74, 6) is 12.6. The lowest BCUT2D eigenvalue weighted by atomic mass is 9.92. The molecule has 0 aliphatic heterocycles. The minimum Gasteiger partial charge on any atom is -0.493 e. The lowest BCUT2D eigenvalue weighted by Gasteiger charge is -2.24. The van der Waals surface area contributed by atoms with Crippen molar-refractivity contribution in [3.63, 3.8) is 0 Å². The van der Waals surface area contributed by atoms with Crippen molar-refractivity contribution in [2.75, 3.05) is 79.3 Å². The lowest BCUT2D eigenvalue weighted by Crippen LogP contribution is -2.14. The zero-order chi connectivity index (χ0) is 74.5. The molecule has 12 bridgehead atoms. The molecule has 0 heterocycles. The first-order valence-corrected chi connectivity index (χ1v) is 38.8. The van der Waals surface area contributed by atoms with Gasteiger partial charge in [-0.1, -0.05) is 166 Å². The maximum absolute atomic E-state index is 7.02. The van der Waals surface area contributed by atoms with Crippen LogP contribution in [-0.4, -0.2) is 79.3 Å². The van der Waals surface area contributed by atoms with E-state index in [0.717, 1.165) is 136 Å². The Hall–Kier alpha value is -7.08. The topological polar surface area (TPSA) is 111 Å². The molecule has 0 saturated heterocycles. The molecular weight excluding hydrogens is 1270 g/mol. The molecular formula is C90H132O12. The van der Waals surface area contributed by atoms with Gasteiger partial charge >= 0.3 is 0 Å². The average Bonchev–Trinajstić information content (AvgIpc) is 0.789. The van der Waals surface area contributed by atoms with Gasteiger partial charge in [-0.3, -0.25) is 0 Å². The maximum atomic E-state index is 7.02. The Morgan fingerprint density at radius 1 is 0.147 bits per heavy atom. The normalized spacial score (nSPS) is 12.8. The van der Waals surface area contributed by atoms with Crippen LogP contribution in [0.5, 0.6) is 69.0 Å². The van der Waals surface area contributed by atoms with E-state index in [1.54, 1.807) is 0 Å². The van der Waals surface area contributed by atoms with Crippen LogP contribution in [0.25, 0.3) is 0 Å². The van der Waals surface area contributed by atoms with Gasteiger partial charge in [0.1, 0.15) is 69.0 Å². The number of hydrogen-bond donors (Lipinski definition) is 0. The van der Waals surface area contributed by atoms with Gasteiger partial charge in [-0.05, 0) is 144 Å². The van der Waals surface area contributed by atoms with Crippen molar-refractivity contribution < 1.29 is 56.8 Å². The molecule has 102 heavy (non-hydrogen) atoms. The molecule has 0 unspecified atom stereocenters. The minimum absolute atomic E-state index is 0.259. The summed E-state index contributed by atoms with van der Waals surface area (Å²) in [6.07, 6.45) is 2.89. The standard InChI is InChI=1S/C90H132O12/c1-55(2)43-91-79-31-68-26-70-34-84(96-48-60(11)12)72(36-83(70)95-47-59(9)10)28-74-38-88(100-52-64(19)20)76(40-87(74)99-51-63(17)18)30-78-42-89(101-53-65(21)22)77(41-90(78)102-54-66(23)24)29-75-39-85(97-49-61(13)14)73(37-86(75)98-50-62(15)16)27-71-35-81(93-45-57(5)6)69(33-82(71)94-46-58(7)8)25-67(79)32-80(68)92-44-56(3)4/h31-42,55-66H,25-30,43-54H2,1-24H3. The second-order valence-corrected chi connectivity index (χ2v) is 33.9. The third-order valence-electron chi connectivity index (χ3n) is 16.6. The van der Waals surface area contributed by atoms with Crippen LogP contribution in [0.2, 0.25) is 0 Å². The highest BCUT2D eigenvalue weighted by molar-refractivity contribution is 5.61. The molecule has 0 aromatic heterocycles. The predicted molar refractivity (Wildman–Crippen MR) is 419 cm³/mol. The van der Waals surface area contributed by atoms with Crippen molar-refractivity contribution in [2.45, 2.75) is 205 Å². The minimum atomic E-state index is 0.259. The summed E-state index contributed by atoms with van der Waals surface area (Å²) in [7, 11) is 0. The third kappa shape index (κ3) is 26.3. The Morgan fingerprint density at radius 2 is 0.216 bits per heavy atom. The van der Waals surface area contributed by atoms with Crippen LogP contribution in [0.15, 0.2) is 72.8 Å². The Kier molecular flexibility index (Phi) is 32.0. The molecule has 6 aromatic rings. The Balaban J connectivity index is 1.64. The monoisotopic (exact) mass is 1400 g/mol. The van der Waals surface area contributed by atoms with Crippen LogP contribution in [0.3, 0.4) is 0 Å². The van der Waals surface area contributed by atoms with Gasteiger partial charge in [0, 0.05) is 105 Å². The first-order chi connectivity index (χ1) is 48.4. The molecule has 6 aromatic carbocycles. The Morgan fingerprint density at radius 3 is 0.275 bits per heavy atom. The van der Waals surface area contributed by atoms with Crippen molar-refractivity contribution in [2.24, 2.45) is 71.0 Å². The van der Waals surface area contributed by atoms with E-state index >= 15 is 0 Å². The first-order valence-electron chi connectivity index (χ1n) is 38.8. The first kappa shape index (κ1) is 82.2. The highest BCUT2D eigenvalue weighted by Gasteiger charge is 2.27. The van der Waals surface area contributed by atoms with E-state index in [2.05, 4.69) is 239 Å². The molecule has 16 aliphatic rings. The van der Waals surface area contributed by atoms with Crippen molar-refractivity contribution in [3.05, 3.63) is 140 Å². The van der Waals surface area contributed by atoms with Gasteiger partial charge in [0.25, 0.3) is 0 Å². The van der Waals surface area contributed by atoms with Crippen LogP contribution < -0.4 is 56.8 Å². The van der Waals surface area contributed by atoms with Crippen molar-refractivity contribution in [3.8, 4) is 69.0 Å². The molecule has 0 amide bonds. The van der Waals surface area contributed by atoms with E-state index in [9.17, 15) is 0 Å². The third-order valence-corrected chi connectivity index (χ3v) is 16.6. The molecule has 0 spiro atoms. The van der Waals surface area contributed by atoms with Crippen LogP contribution in [0, 0.1) is 71.0 Å². The summed E-state index contributed by atoms with van der Waals surface area (Å²) in [5, 5.41) is 0.